The van der Waals surface area contributed by atoms with Crippen LogP contribution in [0.15, 0.2) is 23.1 Å². The third kappa shape index (κ3) is 5.95. The van der Waals surface area contributed by atoms with Crippen LogP contribution < -0.4 is 16.2 Å². The van der Waals surface area contributed by atoms with Crippen LogP contribution in [0.2, 0.25) is 0 Å². The SMILES string of the molecule is CC(C)n1c(=O)c(-c2cc(F)c(NC(=O)CC3CCC3)c(F)c2F)cc2cnc(N[C@H]3CC[C@H](N(C)C)CC3)nc21. The molecular weight excluding hydrogens is 533 g/mol. The van der Waals surface area contributed by atoms with Crippen LogP contribution in [0.3, 0.4) is 0 Å². The highest BCUT2D eigenvalue weighted by molar-refractivity contribution is 5.92. The van der Waals surface area contributed by atoms with Crippen molar-refractivity contribution in [2.75, 3.05) is 24.7 Å². The molecule has 3 aromatic rings. The number of aromatic nitrogens is 3. The van der Waals surface area contributed by atoms with Crippen molar-refractivity contribution in [1.82, 2.24) is 19.4 Å². The Morgan fingerprint density at radius 1 is 1.05 bits per heavy atom. The topological polar surface area (TPSA) is 92.1 Å². The number of carbonyl (C=O) groups is 1. The first kappa shape index (κ1) is 29.0. The van der Waals surface area contributed by atoms with E-state index in [0.29, 0.717) is 23.0 Å². The predicted molar refractivity (Wildman–Crippen MR) is 153 cm³/mol. The Balaban J connectivity index is 1.46. The molecule has 2 heterocycles. The lowest BCUT2D eigenvalue weighted by Gasteiger charge is -2.33. The number of nitrogens with one attached hydrogen (secondary N) is 2. The summed E-state index contributed by atoms with van der Waals surface area (Å²) >= 11 is 0. The molecule has 0 spiro atoms. The van der Waals surface area contributed by atoms with E-state index >= 15 is 13.2 Å². The van der Waals surface area contributed by atoms with Crippen LogP contribution >= 0.6 is 0 Å². The average molecular weight is 571 g/mol. The molecule has 2 aliphatic carbocycles. The van der Waals surface area contributed by atoms with Crippen LogP contribution in [0.4, 0.5) is 24.8 Å². The first-order valence-electron chi connectivity index (χ1n) is 14.4. The second-order valence-electron chi connectivity index (χ2n) is 11.9. The van der Waals surface area contributed by atoms with E-state index in [0.717, 1.165) is 51.0 Å². The van der Waals surface area contributed by atoms with Gasteiger partial charge in [0.05, 0.1) is 5.56 Å². The van der Waals surface area contributed by atoms with Crippen molar-refractivity contribution in [2.45, 2.75) is 83.3 Å². The van der Waals surface area contributed by atoms with E-state index in [1.807, 2.05) is 0 Å². The van der Waals surface area contributed by atoms with E-state index in [4.69, 9.17) is 0 Å². The average Bonchev–Trinajstić information content (AvgIpc) is 2.90. The van der Waals surface area contributed by atoms with Crippen molar-refractivity contribution in [3.8, 4) is 11.1 Å². The van der Waals surface area contributed by atoms with Crippen LogP contribution in [-0.2, 0) is 4.79 Å². The molecule has 2 fully saturated rings. The second kappa shape index (κ2) is 11.8. The van der Waals surface area contributed by atoms with E-state index in [9.17, 15) is 9.59 Å². The van der Waals surface area contributed by atoms with Gasteiger partial charge in [-0.3, -0.25) is 14.2 Å². The summed E-state index contributed by atoms with van der Waals surface area (Å²) in [7, 11) is 4.17. The van der Waals surface area contributed by atoms with Gasteiger partial charge in [0, 0.05) is 41.7 Å². The Kier molecular flexibility index (Phi) is 8.35. The number of rotatable bonds is 8. The lowest BCUT2D eigenvalue weighted by molar-refractivity contribution is -0.117. The summed E-state index contributed by atoms with van der Waals surface area (Å²) in [6, 6.07) is 2.48. The Morgan fingerprint density at radius 3 is 2.37 bits per heavy atom. The van der Waals surface area contributed by atoms with Gasteiger partial charge in [-0.2, -0.15) is 4.98 Å². The van der Waals surface area contributed by atoms with Gasteiger partial charge >= 0.3 is 0 Å². The van der Waals surface area contributed by atoms with E-state index in [1.165, 1.54) is 16.8 Å². The highest BCUT2D eigenvalue weighted by atomic mass is 19.2. The first-order valence-corrected chi connectivity index (χ1v) is 14.4. The predicted octanol–water partition coefficient (Wildman–Crippen LogP) is 5.87. The molecule has 1 aromatic carbocycles. The zero-order chi connectivity index (χ0) is 29.4. The summed E-state index contributed by atoms with van der Waals surface area (Å²) in [4.78, 5) is 37.2. The number of amides is 1. The monoisotopic (exact) mass is 570 g/mol. The molecule has 1 amide bonds. The van der Waals surface area contributed by atoms with Gasteiger partial charge in [-0.05, 0) is 84.5 Å². The van der Waals surface area contributed by atoms with Crippen molar-refractivity contribution in [2.24, 2.45) is 5.92 Å². The molecule has 0 saturated heterocycles. The third-order valence-electron chi connectivity index (χ3n) is 8.46. The van der Waals surface area contributed by atoms with Gasteiger partial charge in [-0.15, -0.1) is 0 Å². The molecule has 5 rings (SSSR count). The van der Waals surface area contributed by atoms with Gasteiger partial charge in [-0.25, -0.2) is 18.2 Å². The number of carbonyl (C=O) groups excluding carboxylic acids is 1. The molecule has 2 aliphatic rings. The zero-order valence-corrected chi connectivity index (χ0v) is 23.9. The highest BCUT2D eigenvalue weighted by Crippen LogP contribution is 2.33. The minimum Gasteiger partial charge on any atom is -0.351 e. The van der Waals surface area contributed by atoms with Crippen molar-refractivity contribution < 1.29 is 18.0 Å². The van der Waals surface area contributed by atoms with Gasteiger partial charge in [0.25, 0.3) is 5.56 Å². The van der Waals surface area contributed by atoms with E-state index < -0.39 is 40.2 Å². The minimum atomic E-state index is -1.54. The number of halogens is 3. The van der Waals surface area contributed by atoms with Gasteiger partial charge in [0.2, 0.25) is 11.9 Å². The van der Waals surface area contributed by atoms with Gasteiger partial charge in [0.1, 0.15) is 11.3 Å². The lowest BCUT2D eigenvalue weighted by Crippen LogP contribution is -2.36. The summed E-state index contributed by atoms with van der Waals surface area (Å²) in [5.41, 5.74) is -1.89. The van der Waals surface area contributed by atoms with Crippen molar-refractivity contribution in [3.05, 3.63) is 46.1 Å². The van der Waals surface area contributed by atoms with Crippen LogP contribution in [-0.4, -0.2) is 51.5 Å². The number of benzene rings is 1. The fraction of sp³-hybridized carbons (Fsp3) is 0.533. The molecule has 0 radical (unpaired) electrons. The summed E-state index contributed by atoms with van der Waals surface area (Å²) in [6.45, 7) is 3.56. The van der Waals surface area contributed by atoms with Crippen LogP contribution in [0, 0.1) is 23.4 Å². The van der Waals surface area contributed by atoms with Crippen LogP contribution in [0.1, 0.15) is 71.3 Å². The van der Waals surface area contributed by atoms with Gasteiger partial charge in [-0.1, -0.05) is 6.42 Å². The molecule has 0 bridgehead atoms. The van der Waals surface area contributed by atoms with Gasteiger partial charge < -0.3 is 15.5 Å². The summed E-state index contributed by atoms with van der Waals surface area (Å²) < 4.78 is 46.9. The van der Waals surface area contributed by atoms with Crippen molar-refractivity contribution in [1.29, 1.82) is 0 Å². The fourth-order valence-corrected chi connectivity index (χ4v) is 5.84. The Bertz CT molecular complexity index is 1510. The highest BCUT2D eigenvalue weighted by Gasteiger charge is 2.27. The molecule has 41 heavy (non-hydrogen) atoms. The molecule has 0 atom stereocenters. The van der Waals surface area contributed by atoms with E-state index in [2.05, 4.69) is 39.6 Å². The molecule has 2 saturated carbocycles. The number of anilines is 2. The molecule has 2 aromatic heterocycles. The summed E-state index contributed by atoms with van der Waals surface area (Å²) in [5, 5.41) is 5.98. The van der Waals surface area contributed by atoms with Crippen molar-refractivity contribution in [3.63, 3.8) is 0 Å². The number of fused-ring (bicyclic) bond motifs is 1. The number of hydrogen-bond acceptors (Lipinski definition) is 6. The lowest BCUT2D eigenvalue weighted by atomic mass is 9.83. The minimum absolute atomic E-state index is 0.125. The fourth-order valence-electron chi connectivity index (χ4n) is 5.84. The van der Waals surface area contributed by atoms with Crippen molar-refractivity contribution >= 4 is 28.6 Å². The zero-order valence-electron chi connectivity index (χ0n) is 23.9. The molecule has 0 aliphatic heterocycles. The summed E-state index contributed by atoms with van der Waals surface area (Å²) in [6.07, 6.45) is 8.48. The summed E-state index contributed by atoms with van der Waals surface area (Å²) in [5.74, 6) is -4.12. The maximum absolute atomic E-state index is 15.3. The van der Waals surface area contributed by atoms with Gasteiger partial charge in [0.15, 0.2) is 17.5 Å². The molecule has 8 nitrogen and oxygen atoms in total. The third-order valence-corrected chi connectivity index (χ3v) is 8.46. The Labute approximate surface area is 237 Å². The normalized spacial score (nSPS) is 19.5. The largest absolute Gasteiger partial charge is 0.351 e. The number of pyridine rings is 1. The maximum Gasteiger partial charge on any atom is 0.260 e. The number of hydrogen-bond donors (Lipinski definition) is 2. The molecule has 0 unspecified atom stereocenters. The van der Waals surface area contributed by atoms with E-state index in [-0.39, 0.29) is 30.0 Å². The molecule has 2 N–H and O–H groups in total. The standard InChI is InChI=1S/C30H37F3N6O2/c1-16(2)39-28-18(15-34-30(37-28)35-19-8-10-20(11-9-19)38(3)4)13-22(29(39)41)21-14-23(31)27(26(33)25(21)32)36-24(40)12-17-6-5-7-17/h13-17,19-20H,5-12H2,1-4H3,(H,36,40)(H,34,35,37)/t19-,20-. The molecule has 220 valence electrons. The Morgan fingerprint density at radius 2 is 1.76 bits per heavy atom. The maximum atomic E-state index is 15.3. The van der Waals surface area contributed by atoms with Crippen LogP contribution in [0.25, 0.3) is 22.2 Å². The quantitative estimate of drug-likeness (QED) is 0.329. The van der Waals surface area contributed by atoms with Crippen LogP contribution in [0.5, 0.6) is 0 Å². The smallest absolute Gasteiger partial charge is 0.260 e. The Hall–Kier alpha value is -3.47. The first-order chi connectivity index (χ1) is 19.5. The second-order valence-corrected chi connectivity index (χ2v) is 11.9. The molecular formula is C30H37F3N6O2. The van der Waals surface area contributed by atoms with E-state index in [1.54, 1.807) is 13.8 Å². The number of nitrogens with zero attached hydrogens (tertiary/aromatic N) is 4. The molecule has 11 heteroatoms.